The molecule has 0 spiro atoms. The highest BCUT2D eigenvalue weighted by Gasteiger charge is 2.10. The number of fused-ring (bicyclic) bond motifs is 1. The summed E-state index contributed by atoms with van der Waals surface area (Å²) in [6.45, 7) is 4.24. The van der Waals surface area contributed by atoms with Crippen LogP contribution in [0.2, 0.25) is 0 Å². The summed E-state index contributed by atoms with van der Waals surface area (Å²) >= 11 is 0. The molecule has 0 saturated heterocycles. The number of hydrogen-bond donors (Lipinski definition) is 1. The van der Waals surface area contributed by atoms with Gasteiger partial charge < -0.3 is 14.2 Å². The van der Waals surface area contributed by atoms with Crippen LogP contribution in [-0.4, -0.2) is 15.1 Å². The van der Waals surface area contributed by atoms with Crippen LogP contribution in [0.1, 0.15) is 17.0 Å². The fraction of sp³-hybridized carbons (Fsp3) is 0.158. The molecule has 0 saturated carbocycles. The molecule has 0 aliphatic rings. The third-order valence-corrected chi connectivity index (χ3v) is 4.06. The molecule has 4 aromatic rings. The number of aryl methyl sites for hydroxylation is 2. The minimum atomic E-state index is 0.435. The van der Waals surface area contributed by atoms with E-state index in [1.165, 1.54) is 0 Å². The Morgan fingerprint density at radius 2 is 1.96 bits per heavy atom. The molecular weight excluding hydrogens is 302 g/mol. The number of para-hydroxylation sites is 2. The van der Waals surface area contributed by atoms with Gasteiger partial charge in [0.05, 0.1) is 22.3 Å². The van der Waals surface area contributed by atoms with Crippen molar-refractivity contribution in [3.8, 4) is 17.1 Å². The monoisotopic (exact) mass is 319 g/mol. The molecule has 0 unspecified atom stereocenters. The topological polar surface area (TPSA) is 63.9 Å². The van der Waals surface area contributed by atoms with Crippen molar-refractivity contribution in [2.45, 2.75) is 20.5 Å². The van der Waals surface area contributed by atoms with Gasteiger partial charge in [-0.1, -0.05) is 29.4 Å². The molecule has 5 heteroatoms. The SMILES string of the molecule is Cc1noc(C)c1COc1cccc(-c2nc3ccccc3[nH]2)c1. The zero-order valence-electron chi connectivity index (χ0n) is 13.5. The number of benzene rings is 2. The highest BCUT2D eigenvalue weighted by molar-refractivity contribution is 5.79. The van der Waals surface area contributed by atoms with Gasteiger partial charge in [-0.15, -0.1) is 0 Å². The van der Waals surface area contributed by atoms with Crippen molar-refractivity contribution in [2.75, 3.05) is 0 Å². The van der Waals surface area contributed by atoms with Crippen LogP contribution in [0.25, 0.3) is 22.4 Å². The van der Waals surface area contributed by atoms with Crippen molar-refractivity contribution in [3.63, 3.8) is 0 Å². The summed E-state index contributed by atoms with van der Waals surface area (Å²) in [5.74, 6) is 2.41. The van der Waals surface area contributed by atoms with Gasteiger partial charge in [0.1, 0.15) is 23.9 Å². The highest BCUT2D eigenvalue weighted by Crippen LogP contribution is 2.25. The number of hydrogen-bond acceptors (Lipinski definition) is 4. The third-order valence-electron chi connectivity index (χ3n) is 4.06. The van der Waals surface area contributed by atoms with Gasteiger partial charge in [0, 0.05) is 5.56 Å². The highest BCUT2D eigenvalue weighted by atomic mass is 16.5. The quantitative estimate of drug-likeness (QED) is 0.605. The number of H-pyrrole nitrogens is 1. The second-order valence-corrected chi connectivity index (χ2v) is 5.72. The van der Waals surface area contributed by atoms with Crippen LogP contribution in [0.5, 0.6) is 5.75 Å². The van der Waals surface area contributed by atoms with Crippen molar-refractivity contribution >= 4 is 11.0 Å². The third kappa shape index (κ3) is 2.65. The van der Waals surface area contributed by atoms with Crippen LogP contribution < -0.4 is 4.74 Å². The van der Waals surface area contributed by atoms with Gasteiger partial charge >= 0.3 is 0 Å². The summed E-state index contributed by atoms with van der Waals surface area (Å²) < 4.78 is 11.1. The van der Waals surface area contributed by atoms with Crippen LogP contribution in [0, 0.1) is 13.8 Å². The summed E-state index contributed by atoms with van der Waals surface area (Å²) in [4.78, 5) is 7.96. The van der Waals surface area contributed by atoms with Gasteiger partial charge in [-0.3, -0.25) is 0 Å². The molecule has 1 N–H and O–H groups in total. The first-order chi connectivity index (χ1) is 11.7. The molecule has 4 rings (SSSR count). The number of aromatic nitrogens is 3. The smallest absolute Gasteiger partial charge is 0.140 e. The Morgan fingerprint density at radius 3 is 2.75 bits per heavy atom. The Bertz CT molecular complexity index is 948. The second-order valence-electron chi connectivity index (χ2n) is 5.72. The number of aromatic amines is 1. The van der Waals surface area contributed by atoms with Gasteiger partial charge in [0.2, 0.25) is 0 Å². The molecular formula is C19H17N3O2. The molecule has 0 aliphatic heterocycles. The van der Waals surface area contributed by atoms with E-state index in [0.29, 0.717) is 6.61 Å². The van der Waals surface area contributed by atoms with E-state index in [1.807, 2.05) is 62.4 Å². The first-order valence-corrected chi connectivity index (χ1v) is 7.80. The molecule has 2 heterocycles. The summed E-state index contributed by atoms with van der Waals surface area (Å²) in [5.41, 5.74) is 4.82. The van der Waals surface area contributed by atoms with Crippen LogP contribution in [0.4, 0.5) is 0 Å². The Hall–Kier alpha value is -3.08. The largest absolute Gasteiger partial charge is 0.489 e. The number of rotatable bonds is 4. The molecule has 120 valence electrons. The molecule has 0 bridgehead atoms. The minimum absolute atomic E-state index is 0.435. The van der Waals surface area contributed by atoms with Crippen LogP contribution in [-0.2, 0) is 6.61 Å². The Balaban J connectivity index is 1.59. The lowest BCUT2D eigenvalue weighted by Gasteiger charge is -2.07. The molecule has 0 radical (unpaired) electrons. The maximum absolute atomic E-state index is 5.91. The Labute approximate surface area is 139 Å². The standard InChI is InChI=1S/C19H17N3O2/c1-12-16(13(2)24-22-12)11-23-15-7-5-6-14(10-15)19-20-17-8-3-4-9-18(17)21-19/h3-10H,11H2,1-2H3,(H,20,21). The molecule has 0 amide bonds. The fourth-order valence-electron chi connectivity index (χ4n) is 2.69. The van der Waals surface area contributed by atoms with Crippen LogP contribution >= 0.6 is 0 Å². The molecule has 2 aromatic carbocycles. The molecule has 0 aliphatic carbocycles. The lowest BCUT2D eigenvalue weighted by molar-refractivity contribution is 0.302. The number of ether oxygens (including phenoxy) is 1. The summed E-state index contributed by atoms with van der Waals surface area (Å²) in [5, 5.41) is 3.95. The Kier molecular flexibility index (Phi) is 3.54. The van der Waals surface area contributed by atoms with E-state index >= 15 is 0 Å². The van der Waals surface area contributed by atoms with Gasteiger partial charge in [-0.2, -0.15) is 0 Å². The van der Waals surface area contributed by atoms with E-state index in [2.05, 4.69) is 15.1 Å². The number of nitrogens with zero attached hydrogens (tertiary/aromatic N) is 2. The zero-order valence-corrected chi connectivity index (χ0v) is 13.5. The summed E-state index contributed by atoms with van der Waals surface area (Å²) in [6, 6.07) is 15.9. The maximum Gasteiger partial charge on any atom is 0.140 e. The normalized spacial score (nSPS) is 11.1. The predicted octanol–water partition coefficient (Wildman–Crippen LogP) is 4.41. The van der Waals surface area contributed by atoms with E-state index in [-0.39, 0.29) is 0 Å². The van der Waals surface area contributed by atoms with E-state index in [0.717, 1.165) is 45.2 Å². The van der Waals surface area contributed by atoms with Crippen molar-refractivity contribution in [1.82, 2.24) is 15.1 Å². The average Bonchev–Trinajstić information content (AvgIpc) is 3.17. The molecule has 24 heavy (non-hydrogen) atoms. The van der Waals surface area contributed by atoms with E-state index < -0.39 is 0 Å². The maximum atomic E-state index is 5.91. The summed E-state index contributed by atoms with van der Waals surface area (Å²) in [7, 11) is 0. The zero-order chi connectivity index (χ0) is 16.5. The van der Waals surface area contributed by atoms with E-state index in [4.69, 9.17) is 9.26 Å². The first-order valence-electron chi connectivity index (χ1n) is 7.80. The average molecular weight is 319 g/mol. The van der Waals surface area contributed by atoms with Crippen molar-refractivity contribution in [3.05, 3.63) is 65.5 Å². The van der Waals surface area contributed by atoms with Gasteiger partial charge in [-0.25, -0.2) is 4.98 Å². The number of imidazole rings is 1. The molecule has 0 atom stereocenters. The van der Waals surface area contributed by atoms with E-state index in [1.54, 1.807) is 0 Å². The predicted molar refractivity (Wildman–Crippen MR) is 91.8 cm³/mol. The van der Waals surface area contributed by atoms with Gasteiger partial charge in [-0.05, 0) is 38.1 Å². The fourth-order valence-corrected chi connectivity index (χ4v) is 2.69. The molecule has 0 fully saturated rings. The van der Waals surface area contributed by atoms with E-state index in [9.17, 15) is 0 Å². The van der Waals surface area contributed by atoms with Crippen LogP contribution in [0.15, 0.2) is 53.1 Å². The first kappa shape index (κ1) is 14.5. The van der Waals surface area contributed by atoms with Crippen molar-refractivity contribution < 1.29 is 9.26 Å². The molecule has 2 aromatic heterocycles. The Morgan fingerprint density at radius 1 is 1.08 bits per heavy atom. The number of nitrogens with one attached hydrogen (secondary N) is 1. The second kappa shape index (κ2) is 5.85. The van der Waals surface area contributed by atoms with Crippen LogP contribution in [0.3, 0.4) is 0 Å². The molecule has 5 nitrogen and oxygen atoms in total. The van der Waals surface area contributed by atoms with Crippen molar-refractivity contribution in [1.29, 1.82) is 0 Å². The van der Waals surface area contributed by atoms with Gasteiger partial charge in [0.25, 0.3) is 0 Å². The van der Waals surface area contributed by atoms with Gasteiger partial charge in [0.15, 0.2) is 0 Å². The summed E-state index contributed by atoms with van der Waals surface area (Å²) in [6.07, 6.45) is 0. The lowest BCUT2D eigenvalue weighted by Crippen LogP contribution is -1.98. The lowest BCUT2D eigenvalue weighted by atomic mass is 10.2. The van der Waals surface area contributed by atoms with Crippen molar-refractivity contribution in [2.24, 2.45) is 0 Å². The minimum Gasteiger partial charge on any atom is -0.489 e.